The van der Waals surface area contributed by atoms with Crippen LogP contribution in [0.25, 0.3) is 0 Å². The largest absolute Gasteiger partial charge is 0.287 e. The van der Waals surface area contributed by atoms with Gasteiger partial charge in [-0.25, -0.2) is 9.07 Å². The first kappa shape index (κ1) is 13.1. The van der Waals surface area contributed by atoms with E-state index >= 15 is 0 Å². The molecule has 0 radical (unpaired) electrons. The number of aromatic nitrogens is 2. The normalized spacial score (nSPS) is 10.7. The molecule has 94 valence electrons. The zero-order valence-corrected chi connectivity index (χ0v) is 11.0. The molecule has 0 fully saturated rings. The lowest BCUT2D eigenvalue weighted by molar-refractivity contribution is 0.616. The van der Waals surface area contributed by atoms with Crippen LogP contribution in [0.5, 0.6) is 0 Å². The van der Waals surface area contributed by atoms with Crippen molar-refractivity contribution in [2.24, 2.45) is 0 Å². The molecule has 0 N–H and O–H groups in total. The quantitative estimate of drug-likeness (QED) is 0.851. The number of benzene rings is 1. The minimum Gasteiger partial charge on any atom is -0.266 e. The Morgan fingerprint density at radius 3 is 2.78 bits per heavy atom. The molecule has 0 aliphatic carbocycles. The molecular formula is C12H9Cl2FN2O. The summed E-state index contributed by atoms with van der Waals surface area (Å²) >= 11 is 11.4. The highest BCUT2D eigenvalue weighted by Crippen LogP contribution is 2.16. The van der Waals surface area contributed by atoms with Crippen molar-refractivity contribution in [3.05, 3.63) is 61.7 Å². The Hall–Kier alpha value is -1.39. The van der Waals surface area contributed by atoms with Crippen molar-refractivity contribution >= 4 is 23.2 Å². The van der Waals surface area contributed by atoms with Crippen LogP contribution in [0.2, 0.25) is 10.0 Å². The van der Waals surface area contributed by atoms with Crippen molar-refractivity contribution < 1.29 is 4.39 Å². The number of halogens is 3. The Balaban J connectivity index is 2.41. The van der Waals surface area contributed by atoms with E-state index in [-0.39, 0.29) is 22.4 Å². The maximum Gasteiger partial charge on any atom is 0.287 e. The van der Waals surface area contributed by atoms with E-state index < -0.39 is 5.56 Å². The van der Waals surface area contributed by atoms with Crippen molar-refractivity contribution in [1.29, 1.82) is 0 Å². The van der Waals surface area contributed by atoms with Crippen LogP contribution in [0, 0.1) is 12.7 Å². The van der Waals surface area contributed by atoms with Gasteiger partial charge in [-0.2, -0.15) is 5.10 Å². The lowest BCUT2D eigenvalue weighted by Gasteiger charge is -2.08. The Labute approximate surface area is 113 Å². The second-order valence-electron chi connectivity index (χ2n) is 3.84. The van der Waals surface area contributed by atoms with E-state index in [0.29, 0.717) is 0 Å². The molecule has 0 atom stereocenters. The molecule has 18 heavy (non-hydrogen) atoms. The standard InChI is InChI=1S/C12H9Cl2FN2O/c1-7-4-9(15)3-2-8(7)6-17-12(18)11(14)10(13)5-16-17/h2-5H,6H2,1H3. The highest BCUT2D eigenvalue weighted by atomic mass is 35.5. The fourth-order valence-electron chi connectivity index (χ4n) is 1.56. The van der Waals surface area contributed by atoms with Gasteiger partial charge < -0.3 is 0 Å². The van der Waals surface area contributed by atoms with Crippen molar-refractivity contribution in [2.45, 2.75) is 13.5 Å². The number of nitrogens with zero attached hydrogens (tertiary/aromatic N) is 2. The Morgan fingerprint density at radius 2 is 2.11 bits per heavy atom. The third-order valence-electron chi connectivity index (χ3n) is 2.57. The van der Waals surface area contributed by atoms with Gasteiger partial charge in [-0.15, -0.1) is 0 Å². The molecule has 0 aliphatic heterocycles. The molecule has 0 amide bonds. The van der Waals surface area contributed by atoms with Gasteiger partial charge in [0.2, 0.25) is 0 Å². The van der Waals surface area contributed by atoms with Gasteiger partial charge in [-0.05, 0) is 30.2 Å². The molecule has 0 saturated carbocycles. The molecule has 0 unspecified atom stereocenters. The summed E-state index contributed by atoms with van der Waals surface area (Å²) in [6.45, 7) is 1.99. The van der Waals surface area contributed by atoms with Crippen LogP contribution in [0.4, 0.5) is 4.39 Å². The predicted molar refractivity (Wildman–Crippen MR) is 68.8 cm³/mol. The molecule has 0 aliphatic rings. The summed E-state index contributed by atoms with van der Waals surface area (Å²) in [4.78, 5) is 11.8. The van der Waals surface area contributed by atoms with Crippen molar-refractivity contribution in [1.82, 2.24) is 9.78 Å². The Morgan fingerprint density at radius 1 is 1.39 bits per heavy atom. The van der Waals surface area contributed by atoms with Crippen LogP contribution < -0.4 is 5.56 Å². The molecule has 2 rings (SSSR count). The van der Waals surface area contributed by atoms with Crippen molar-refractivity contribution in [2.75, 3.05) is 0 Å². The van der Waals surface area contributed by atoms with Crippen molar-refractivity contribution in [3.8, 4) is 0 Å². The molecule has 2 aromatic rings. The second-order valence-corrected chi connectivity index (χ2v) is 4.63. The number of rotatable bonds is 2. The molecule has 3 nitrogen and oxygen atoms in total. The summed E-state index contributed by atoms with van der Waals surface area (Å²) in [5.74, 6) is -0.314. The third-order valence-corrected chi connectivity index (χ3v) is 3.32. The van der Waals surface area contributed by atoms with Gasteiger partial charge in [0, 0.05) is 0 Å². The van der Waals surface area contributed by atoms with Gasteiger partial charge in [0.25, 0.3) is 5.56 Å². The van der Waals surface area contributed by atoms with Crippen molar-refractivity contribution in [3.63, 3.8) is 0 Å². The van der Waals surface area contributed by atoms with Crippen LogP contribution in [0.15, 0.2) is 29.2 Å². The molecular weight excluding hydrogens is 278 g/mol. The lowest BCUT2D eigenvalue weighted by Crippen LogP contribution is -2.24. The van der Waals surface area contributed by atoms with Gasteiger partial charge >= 0.3 is 0 Å². The molecule has 1 heterocycles. The van der Waals surface area contributed by atoms with Crippen LogP contribution >= 0.6 is 23.2 Å². The minimum absolute atomic E-state index is 0.0635. The van der Waals surface area contributed by atoms with Crippen LogP contribution in [-0.4, -0.2) is 9.78 Å². The SMILES string of the molecule is Cc1cc(F)ccc1Cn1ncc(Cl)c(Cl)c1=O. The molecule has 6 heteroatoms. The molecule has 0 spiro atoms. The Kier molecular flexibility index (Phi) is 3.68. The average molecular weight is 287 g/mol. The van der Waals surface area contributed by atoms with Crippen LogP contribution in [0.3, 0.4) is 0 Å². The molecule has 0 saturated heterocycles. The van der Waals surface area contributed by atoms with Crippen LogP contribution in [-0.2, 0) is 6.54 Å². The molecule has 0 bridgehead atoms. The predicted octanol–water partition coefficient (Wildman–Crippen LogP) is 3.05. The van der Waals surface area contributed by atoms with E-state index in [1.165, 1.54) is 23.0 Å². The van der Waals surface area contributed by atoms with Gasteiger partial charge in [-0.1, -0.05) is 29.3 Å². The lowest BCUT2D eigenvalue weighted by atomic mass is 10.1. The van der Waals surface area contributed by atoms with E-state index in [4.69, 9.17) is 23.2 Å². The first-order valence-corrected chi connectivity index (χ1v) is 5.91. The molecule has 1 aromatic heterocycles. The summed E-state index contributed by atoms with van der Waals surface area (Å²) in [7, 11) is 0. The van der Waals surface area contributed by atoms with Gasteiger partial charge in [0.05, 0.1) is 17.8 Å². The maximum atomic E-state index is 13.0. The zero-order valence-electron chi connectivity index (χ0n) is 9.45. The number of aryl methyl sites for hydroxylation is 1. The smallest absolute Gasteiger partial charge is 0.266 e. The topological polar surface area (TPSA) is 34.9 Å². The number of hydrogen-bond acceptors (Lipinski definition) is 2. The summed E-state index contributed by atoms with van der Waals surface area (Å²) in [6.07, 6.45) is 1.31. The van der Waals surface area contributed by atoms with Crippen LogP contribution in [0.1, 0.15) is 11.1 Å². The second kappa shape index (κ2) is 5.08. The van der Waals surface area contributed by atoms with E-state index in [1.54, 1.807) is 13.0 Å². The first-order valence-electron chi connectivity index (χ1n) is 5.15. The monoisotopic (exact) mass is 286 g/mol. The summed E-state index contributed by atoms with van der Waals surface area (Å²) < 4.78 is 14.1. The average Bonchev–Trinajstić information content (AvgIpc) is 2.33. The summed E-state index contributed by atoms with van der Waals surface area (Å²) in [5.41, 5.74) is 1.08. The van der Waals surface area contributed by atoms with E-state index in [0.717, 1.165) is 11.1 Å². The minimum atomic E-state index is -0.465. The van der Waals surface area contributed by atoms with E-state index in [1.807, 2.05) is 0 Å². The van der Waals surface area contributed by atoms with Gasteiger partial charge in [0.15, 0.2) is 0 Å². The fraction of sp³-hybridized carbons (Fsp3) is 0.167. The first-order chi connectivity index (χ1) is 8.49. The highest BCUT2D eigenvalue weighted by molar-refractivity contribution is 6.41. The zero-order chi connectivity index (χ0) is 13.3. The summed E-state index contributed by atoms with van der Waals surface area (Å²) in [6, 6.07) is 4.35. The highest BCUT2D eigenvalue weighted by Gasteiger charge is 2.09. The van der Waals surface area contributed by atoms with Gasteiger partial charge in [-0.3, -0.25) is 4.79 Å². The molecule has 1 aromatic carbocycles. The van der Waals surface area contributed by atoms with Gasteiger partial charge in [0.1, 0.15) is 10.8 Å². The van der Waals surface area contributed by atoms with E-state index in [9.17, 15) is 9.18 Å². The fourth-order valence-corrected chi connectivity index (χ4v) is 1.83. The maximum absolute atomic E-state index is 13.0. The van der Waals surface area contributed by atoms with E-state index in [2.05, 4.69) is 5.10 Å². The third kappa shape index (κ3) is 2.54. The Bertz CT molecular complexity index is 655. The number of hydrogen-bond donors (Lipinski definition) is 0. The summed E-state index contributed by atoms with van der Waals surface area (Å²) in [5, 5.41) is 3.95.